The monoisotopic (exact) mass is 350 g/mol. The molecule has 0 aliphatic carbocycles. The first kappa shape index (κ1) is 16.3. The Morgan fingerprint density at radius 2 is 1.16 bits per heavy atom. The molecule has 0 N–H and O–H groups in total. The summed E-state index contributed by atoms with van der Waals surface area (Å²) >= 11 is 0. The Morgan fingerprint density at radius 3 is 1.48 bits per heavy atom. The SMILES string of the molecule is C=CS(C=C)(c1cccc(N2CCC2)c1)c1cccc(N2CCC2)c1. The van der Waals surface area contributed by atoms with Crippen molar-refractivity contribution in [1.82, 2.24) is 0 Å². The number of benzene rings is 2. The largest absolute Gasteiger partial charge is 0.371 e. The van der Waals surface area contributed by atoms with Crippen molar-refractivity contribution in [2.45, 2.75) is 22.6 Å². The van der Waals surface area contributed by atoms with E-state index in [2.05, 4.69) is 82.3 Å². The van der Waals surface area contributed by atoms with Crippen molar-refractivity contribution in [2.75, 3.05) is 36.0 Å². The first-order chi connectivity index (χ1) is 12.3. The van der Waals surface area contributed by atoms with Gasteiger partial charge in [0.1, 0.15) is 0 Å². The summed E-state index contributed by atoms with van der Waals surface area (Å²) in [7, 11) is -1.44. The van der Waals surface area contributed by atoms with Gasteiger partial charge in [-0.1, -0.05) is 25.3 Å². The van der Waals surface area contributed by atoms with Crippen molar-refractivity contribution in [2.24, 2.45) is 0 Å². The van der Waals surface area contributed by atoms with Gasteiger partial charge in [-0.2, -0.15) is 0 Å². The number of rotatable bonds is 6. The van der Waals surface area contributed by atoms with Crippen LogP contribution >= 0.6 is 10.0 Å². The minimum Gasteiger partial charge on any atom is -0.371 e. The fourth-order valence-electron chi connectivity index (χ4n) is 3.52. The van der Waals surface area contributed by atoms with Gasteiger partial charge in [0.25, 0.3) is 0 Å². The minimum absolute atomic E-state index is 1.17. The Labute approximate surface area is 152 Å². The van der Waals surface area contributed by atoms with E-state index in [0.717, 1.165) is 0 Å². The van der Waals surface area contributed by atoms with Crippen LogP contribution in [0, 0.1) is 0 Å². The summed E-state index contributed by atoms with van der Waals surface area (Å²) in [6.07, 6.45) is 2.59. The Balaban J connectivity index is 1.77. The van der Waals surface area contributed by atoms with Gasteiger partial charge < -0.3 is 9.80 Å². The van der Waals surface area contributed by atoms with E-state index in [-0.39, 0.29) is 0 Å². The molecular formula is C22H26N2S. The first-order valence-corrected chi connectivity index (χ1v) is 10.8. The molecule has 2 aliphatic rings. The van der Waals surface area contributed by atoms with Gasteiger partial charge >= 0.3 is 0 Å². The summed E-state index contributed by atoms with van der Waals surface area (Å²) in [5, 5.41) is 4.23. The van der Waals surface area contributed by atoms with E-state index in [1.54, 1.807) is 0 Å². The van der Waals surface area contributed by atoms with Crippen molar-refractivity contribution in [1.29, 1.82) is 0 Å². The van der Waals surface area contributed by atoms with E-state index in [4.69, 9.17) is 0 Å². The molecule has 2 aromatic carbocycles. The zero-order chi connectivity index (χ0) is 17.3. The summed E-state index contributed by atoms with van der Waals surface area (Å²) in [5.41, 5.74) is 2.64. The average Bonchev–Trinajstić information content (AvgIpc) is 2.54. The van der Waals surface area contributed by atoms with Crippen molar-refractivity contribution < 1.29 is 0 Å². The lowest BCUT2D eigenvalue weighted by molar-refractivity contribution is 0.617. The van der Waals surface area contributed by atoms with Crippen LogP contribution in [0.2, 0.25) is 0 Å². The van der Waals surface area contributed by atoms with Gasteiger partial charge in [-0.05, 0) is 60.1 Å². The van der Waals surface area contributed by atoms with E-state index in [0.29, 0.717) is 0 Å². The standard InChI is InChI=1S/C22H26N2S/c1-3-25(4-2,21-11-5-9-19(17-21)23-13-7-14-23)22-12-6-10-20(18-22)24-15-8-16-24/h3-6,9-12,17-18H,1-2,7-8,13-16H2. The van der Waals surface area contributed by atoms with E-state index in [1.807, 2.05) is 0 Å². The van der Waals surface area contributed by atoms with Crippen LogP contribution < -0.4 is 9.80 Å². The van der Waals surface area contributed by atoms with Crippen molar-refractivity contribution >= 4 is 21.4 Å². The summed E-state index contributed by atoms with van der Waals surface area (Å²) in [5.74, 6) is 0. The molecule has 0 atom stereocenters. The van der Waals surface area contributed by atoms with Crippen molar-refractivity contribution in [3.05, 3.63) is 72.5 Å². The highest BCUT2D eigenvalue weighted by molar-refractivity contribution is 8.38. The third-order valence-corrected chi connectivity index (χ3v) is 8.50. The molecule has 25 heavy (non-hydrogen) atoms. The molecule has 130 valence electrons. The highest BCUT2D eigenvalue weighted by Gasteiger charge is 2.25. The molecule has 0 spiro atoms. The Kier molecular flexibility index (Phi) is 4.34. The molecule has 0 unspecified atom stereocenters. The summed E-state index contributed by atoms with van der Waals surface area (Å²) in [6.45, 7) is 13.1. The van der Waals surface area contributed by atoms with Crippen LogP contribution in [0.3, 0.4) is 0 Å². The van der Waals surface area contributed by atoms with Gasteiger partial charge in [0.05, 0.1) is 0 Å². The maximum absolute atomic E-state index is 4.21. The summed E-state index contributed by atoms with van der Waals surface area (Å²) < 4.78 is 0. The van der Waals surface area contributed by atoms with Gasteiger partial charge in [-0.25, -0.2) is 0 Å². The molecule has 2 nitrogen and oxygen atoms in total. The molecule has 2 fully saturated rings. The van der Waals surface area contributed by atoms with Gasteiger partial charge in [0.15, 0.2) is 0 Å². The molecule has 2 aliphatic heterocycles. The molecule has 0 aromatic heterocycles. The second kappa shape index (κ2) is 6.64. The predicted octanol–water partition coefficient (Wildman–Crippen LogP) is 5.62. The van der Waals surface area contributed by atoms with Gasteiger partial charge in [-0.15, -0.1) is 10.0 Å². The Bertz CT molecular complexity index is 723. The lowest BCUT2D eigenvalue weighted by Crippen LogP contribution is -2.37. The highest BCUT2D eigenvalue weighted by atomic mass is 32.3. The zero-order valence-electron chi connectivity index (χ0n) is 14.7. The van der Waals surface area contributed by atoms with E-state index in [9.17, 15) is 0 Å². The maximum Gasteiger partial charge on any atom is 0.0377 e. The second-order valence-corrected chi connectivity index (χ2v) is 9.75. The first-order valence-electron chi connectivity index (χ1n) is 9.05. The third kappa shape index (κ3) is 2.77. The van der Waals surface area contributed by atoms with Gasteiger partial charge in [-0.3, -0.25) is 0 Å². The topological polar surface area (TPSA) is 6.48 Å². The molecule has 3 heteroatoms. The van der Waals surface area contributed by atoms with Crippen LogP contribution in [0.5, 0.6) is 0 Å². The van der Waals surface area contributed by atoms with Crippen LogP contribution in [0.25, 0.3) is 0 Å². The fourth-order valence-corrected chi connectivity index (χ4v) is 5.94. The predicted molar refractivity (Wildman–Crippen MR) is 111 cm³/mol. The Morgan fingerprint density at radius 1 is 0.720 bits per heavy atom. The van der Waals surface area contributed by atoms with Crippen LogP contribution in [-0.4, -0.2) is 26.2 Å². The summed E-state index contributed by atoms with van der Waals surface area (Å²) in [4.78, 5) is 7.53. The molecular weight excluding hydrogens is 324 g/mol. The van der Waals surface area contributed by atoms with Crippen molar-refractivity contribution in [3.63, 3.8) is 0 Å². The van der Waals surface area contributed by atoms with Gasteiger partial charge in [0.2, 0.25) is 0 Å². The van der Waals surface area contributed by atoms with E-state index >= 15 is 0 Å². The third-order valence-electron chi connectivity index (χ3n) is 5.38. The maximum atomic E-state index is 4.21. The zero-order valence-corrected chi connectivity index (χ0v) is 15.5. The van der Waals surface area contributed by atoms with Crippen molar-refractivity contribution in [3.8, 4) is 0 Å². The number of hydrogen-bond donors (Lipinski definition) is 0. The lowest BCUT2D eigenvalue weighted by atomic mass is 10.2. The quantitative estimate of drug-likeness (QED) is 0.667. The molecule has 0 amide bonds. The molecule has 0 saturated carbocycles. The van der Waals surface area contributed by atoms with Gasteiger partial charge in [0, 0.05) is 47.3 Å². The fraction of sp³-hybridized carbons (Fsp3) is 0.273. The van der Waals surface area contributed by atoms with Crippen LogP contribution in [0.15, 0.2) is 82.3 Å². The number of nitrogens with zero attached hydrogens (tertiary/aromatic N) is 2. The molecule has 4 rings (SSSR count). The number of anilines is 2. The lowest BCUT2D eigenvalue weighted by Gasteiger charge is -2.39. The summed E-state index contributed by atoms with van der Waals surface area (Å²) in [6, 6.07) is 17.9. The second-order valence-electron chi connectivity index (χ2n) is 6.72. The van der Waals surface area contributed by atoms with E-state index < -0.39 is 10.0 Å². The average molecular weight is 351 g/mol. The van der Waals surface area contributed by atoms with E-state index in [1.165, 1.54) is 60.2 Å². The molecule has 2 saturated heterocycles. The van der Waals surface area contributed by atoms with Crippen LogP contribution in [-0.2, 0) is 0 Å². The molecule has 0 bridgehead atoms. The highest BCUT2D eigenvalue weighted by Crippen LogP contribution is 2.65. The molecule has 2 aromatic rings. The minimum atomic E-state index is -1.44. The molecule has 0 radical (unpaired) electrons. The smallest absolute Gasteiger partial charge is 0.0377 e. The number of hydrogen-bond acceptors (Lipinski definition) is 2. The van der Waals surface area contributed by atoms with Crippen LogP contribution in [0.4, 0.5) is 11.4 Å². The van der Waals surface area contributed by atoms with Crippen LogP contribution in [0.1, 0.15) is 12.8 Å². The normalized spacial score (nSPS) is 17.4. The Hall–Kier alpha value is -2.13. The molecule has 2 heterocycles.